The summed E-state index contributed by atoms with van der Waals surface area (Å²) < 4.78 is 24.8. The molecule has 0 amide bonds. The van der Waals surface area contributed by atoms with Crippen molar-refractivity contribution in [3.05, 3.63) is 47.3 Å². The van der Waals surface area contributed by atoms with E-state index in [0.717, 1.165) is 23.1 Å². The Morgan fingerprint density at radius 1 is 1.36 bits per heavy atom. The molecule has 0 saturated heterocycles. The van der Waals surface area contributed by atoms with E-state index in [2.05, 4.69) is 5.10 Å². The molecule has 1 aromatic carbocycles. The Bertz CT molecular complexity index is 771. The molecule has 0 aliphatic heterocycles. The average Bonchev–Trinajstić information content (AvgIpc) is 3.45. The number of halogens is 2. The summed E-state index contributed by atoms with van der Waals surface area (Å²) in [5.41, 5.74) is 7.90. The quantitative estimate of drug-likeness (QED) is 0.822. The second-order valence-electron chi connectivity index (χ2n) is 6.71. The van der Waals surface area contributed by atoms with Crippen LogP contribution in [-0.4, -0.2) is 20.9 Å². The standard InChI is InChI=1S/C13H15NO2.C5H6F2N2/c14-12-4-3-8(13(15)16)5-11(12)10-6-9(10)7-1-2-7;1-9-3-2-4(8-9)5(6)7/h3-5,7,9-10H,1-2,6,14H2,(H,15,16);2-3,5H,1H3. The van der Waals surface area contributed by atoms with Gasteiger partial charge >= 0.3 is 5.97 Å². The fourth-order valence-corrected chi connectivity index (χ4v) is 3.20. The number of aromatic carboxylic acids is 1. The predicted molar refractivity (Wildman–Crippen MR) is 89.6 cm³/mol. The van der Waals surface area contributed by atoms with E-state index in [0.29, 0.717) is 11.5 Å². The summed E-state index contributed by atoms with van der Waals surface area (Å²) in [5.74, 6) is 1.31. The van der Waals surface area contributed by atoms with Crippen LogP contribution in [0.3, 0.4) is 0 Å². The van der Waals surface area contributed by atoms with Crippen LogP contribution in [0, 0.1) is 11.8 Å². The SMILES string of the molecule is Cn1ccc(C(F)F)n1.Nc1ccc(C(=O)O)cc1C1CC1C1CC1. The first-order valence-corrected chi connectivity index (χ1v) is 8.27. The zero-order valence-electron chi connectivity index (χ0n) is 13.9. The molecule has 2 aliphatic carbocycles. The molecule has 1 heterocycles. The van der Waals surface area contributed by atoms with E-state index in [1.165, 1.54) is 36.2 Å². The number of hydrogen-bond donors (Lipinski definition) is 2. The second-order valence-corrected chi connectivity index (χ2v) is 6.71. The molecule has 3 N–H and O–H groups in total. The number of aromatic nitrogens is 2. The molecule has 25 heavy (non-hydrogen) atoms. The van der Waals surface area contributed by atoms with Gasteiger partial charge in [-0.15, -0.1) is 0 Å². The zero-order chi connectivity index (χ0) is 18.1. The maximum Gasteiger partial charge on any atom is 0.335 e. The molecule has 4 rings (SSSR count). The van der Waals surface area contributed by atoms with Gasteiger partial charge in [-0.1, -0.05) is 0 Å². The highest BCUT2D eigenvalue weighted by molar-refractivity contribution is 5.88. The number of nitrogens with zero attached hydrogens (tertiary/aromatic N) is 2. The lowest BCUT2D eigenvalue weighted by Crippen LogP contribution is -2.01. The number of hydrogen-bond acceptors (Lipinski definition) is 3. The van der Waals surface area contributed by atoms with Gasteiger partial charge in [-0.3, -0.25) is 4.68 Å². The maximum absolute atomic E-state index is 11.7. The molecule has 2 aliphatic rings. The van der Waals surface area contributed by atoms with E-state index < -0.39 is 12.4 Å². The van der Waals surface area contributed by atoms with Crippen LogP contribution in [0.25, 0.3) is 0 Å². The van der Waals surface area contributed by atoms with E-state index in [4.69, 9.17) is 10.8 Å². The van der Waals surface area contributed by atoms with Crippen LogP contribution in [0.15, 0.2) is 30.5 Å². The third-order valence-electron chi connectivity index (χ3n) is 4.76. The van der Waals surface area contributed by atoms with Crippen LogP contribution in [0.2, 0.25) is 0 Å². The summed E-state index contributed by atoms with van der Waals surface area (Å²) >= 11 is 0. The van der Waals surface area contributed by atoms with Gasteiger partial charge in [-0.25, -0.2) is 13.6 Å². The molecule has 0 spiro atoms. The van der Waals surface area contributed by atoms with Crippen molar-refractivity contribution in [2.45, 2.75) is 31.6 Å². The van der Waals surface area contributed by atoms with Crippen LogP contribution in [-0.2, 0) is 7.05 Å². The lowest BCUT2D eigenvalue weighted by Gasteiger charge is -2.06. The number of carbonyl (C=O) groups is 1. The van der Waals surface area contributed by atoms with E-state index in [-0.39, 0.29) is 5.69 Å². The van der Waals surface area contributed by atoms with Crippen LogP contribution < -0.4 is 5.73 Å². The van der Waals surface area contributed by atoms with Gasteiger partial charge < -0.3 is 10.8 Å². The number of carboxylic acids is 1. The Balaban J connectivity index is 0.000000173. The summed E-state index contributed by atoms with van der Waals surface area (Å²) in [5, 5.41) is 12.4. The number of alkyl halides is 2. The Kier molecular flexibility index (Phi) is 4.74. The summed E-state index contributed by atoms with van der Waals surface area (Å²) in [7, 11) is 1.60. The third kappa shape index (κ3) is 4.15. The molecule has 2 saturated carbocycles. The summed E-state index contributed by atoms with van der Waals surface area (Å²) in [6.45, 7) is 0. The maximum atomic E-state index is 11.7. The minimum absolute atomic E-state index is 0.169. The number of rotatable bonds is 4. The van der Waals surface area contributed by atoms with Crippen LogP contribution in [0.1, 0.15) is 53.2 Å². The smallest absolute Gasteiger partial charge is 0.335 e. The molecule has 0 radical (unpaired) electrons. The molecule has 2 atom stereocenters. The Morgan fingerprint density at radius 2 is 2.08 bits per heavy atom. The fourth-order valence-electron chi connectivity index (χ4n) is 3.20. The molecule has 2 fully saturated rings. The molecule has 7 heteroatoms. The van der Waals surface area contributed by atoms with Gasteiger partial charge in [-0.05, 0) is 66.8 Å². The summed E-state index contributed by atoms with van der Waals surface area (Å²) in [6.07, 6.45) is 2.92. The van der Waals surface area contributed by atoms with Gasteiger partial charge in [0.2, 0.25) is 0 Å². The lowest BCUT2D eigenvalue weighted by molar-refractivity contribution is 0.0696. The van der Waals surface area contributed by atoms with Gasteiger partial charge in [0.1, 0.15) is 5.69 Å². The third-order valence-corrected chi connectivity index (χ3v) is 4.76. The van der Waals surface area contributed by atoms with E-state index in [1.807, 2.05) is 0 Å². The second kappa shape index (κ2) is 6.82. The summed E-state index contributed by atoms with van der Waals surface area (Å²) in [6, 6.07) is 6.35. The van der Waals surface area contributed by atoms with Crippen molar-refractivity contribution < 1.29 is 18.7 Å². The van der Waals surface area contributed by atoms with Crippen molar-refractivity contribution in [1.29, 1.82) is 0 Å². The van der Waals surface area contributed by atoms with Gasteiger partial charge in [0.25, 0.3) is 6.43 Å². The topological polar surface area (TPSA) is 81.1 Å². The molecule has 2 aromatic rings. The highest BCUT2D eigenvalue weighted by Gasteiger charge is 2.48. The molecule has 5 nitrogen and oxygen atoms in total. The molecule has 2 unspecified atom stereocenters. The Labute approximate surface area is 144 Å². The van der Waals surface area contributed by atoms with Gasteiger partial charge in [-0.2, -0.15) is 5.10 Å². The van der Waals surface area contributed by atoms with Crippen LogP contribution >= 0.6 is 0 Å². The number of anilines is 1. The highest BCUT2D eigenvalue weighted by atomic mass is 19.3. The monoisotopic (exact) mass is 349 g/mol. The Morgan fingerprint density at radius 3 is 2.56 bits per heavy atom. The van der Waals surface area contributed by atoms with Gasteiger partial charge in [0, 0.05) is 18.9 Å². The Hall–Kier alpha value is -2.44. The molecular weight excluding hydrogens is 328 g/mol. The zero-order valence-corrected chi connectivity index (χ0v) is 13.9. The molecular formula is C18H21F2N3O2. The van der Waals surface area contributed by atoms with Crippen LogP contribution in [0.5, 0.6) is 0 Å². The normalized spacial score (nSPS) is 21.6. The number of nitrogen functional groups attached to an aromatic ring is 1. The van der Waals surface area contributed by atoms with Gasteiger partial charge in [0.15, 0.2) is 0 Å². The minimum Gasteiger partial charge on any atom is -0.478 e. The van der Waals surface area contributed by atoms with Gasteiger partial charge in [0.05, 0.1) is 5.56 Å². The largest absolute Gasteiger partial charge is 0.478 e. The first kappa shape index (κ1) is 17.4. The predicted octanol–water partition coefficient (Wildman–Crippen LogP) is 3.84. The highest BCUT2D eigenvalue weighted by Crippen LogP contribution is 2.60. The van der Waals surface area contributed by atoms with Crippen molar-refractivity contribution >= 4 is 11.7 Å². The van der Waals surface area contributed by atoms with E-state index in [9.17, 15) is 13.6 Å². The van der Waals surface area contributed by atoms with Crippen molar-refractivity contribution in [2.75, 3.05) is 5.73 Å². The average molecular weight is 349 g/mol. The number of nitrogens with two attached hydrogens (primary N) is 1. The first-order valence-electron chi connectivity index (χ1n) is 8.27. The molecule has 134 valence electrons. The van der Waals surface area contributed by atoms with Crippen molar-refractivity contribution in [3.63, 3.8) is 0 Å². The van der Waals surface area contributed by atoms with Crippen molar-refractivity contribution in [3.8, 4) is 0 Å². The minimum atomic E-state index is -2.45. The van der Waals surface area contributed by atoms with Crippen molar-refractivity contribution in [2.24, 2.45) is 18.9 Å². The number of aryl methyl sites for hydroxylation is 1. The lowest BCUT2D eigenvalue weighted by atomic mass is 10.0. The number of benzene rings is 1. The fraction of sp³-hybridized carbons (Fsp3) is 0.444. The number of carboxylic acid groups (broad SMARTS) is 1. The summed E-state index contributed by atoms with van der Waals surface area (Å²) in [4.78, 5) is 10.9. The van der Waals surface area contributed by atoms with E-state index >= 15 is 0 Å². The van der Waals surface area contributed by atoms with Crippen molar-refractivity contribution in [1.82, 2.24) is 9.78 Å². The molecule has 0 bridgehead atoms. The van der Waals surface area contributed by atoms with E-state index in [1.54, 1.807) is 25.2 Å². The van der Waals surface area contributed by atoms with Crippen LogP contribution in [0.4, 0.5) is 14.5 Å². The molecule has 1 aromatic heterocycles. The first-order chi connectivity index (χ1) is 11.9.